The van der Waals surface area contributed by atoms with Crippen LogP contribution in [0.1, 0.15) is 18.9 Å². The maximum absolute atomic E-state index is 13.6. The van der Waals surface area contributed by atoms with Crippen LogP contribution in [0.5, 0.6) is 0 Å². The summed E-state index contributed by atoms with van der Waals surface area (Å²) in [7, 11) is 0. The normalized spacial score (nSPS) is 26.8. The zero-order valence-electron chi connectivity index (χ0n) is 13.8. The summed E-state index contributed by atoms with van der Waals surface area (Å²) in [6.45, 7) is 2.48. The predicted octanol–water partition coefficient (Wildman–Crippen LogP) is 2.22. The minimum absolute atomic E-state index is 0.0773. The van der Waals surface area contributed by atoms with Gasteiger partial charge in [0.1, 0.15) is 5.82 Å². The van der Waals surface area contributed by atoms with Gasteiger partial charge >= 0.3 is 0 Å². The quantitative estimate of drug-likeness (QED) is 0.920. The van der Waals surface area contributed by atoms with Crippen LogP contribution < -0.4 is 0 Å². The number of imidazole rings is 1. The van der Waals surface area contributed by atoms with Gasteiger partial charge in [0.25, 0.3) is 0 Å². The SMILES string of the molecule is OCC[C@H]1CN2C[C@H](n3ccnc3-c3ccc(F)c(F)c3)C[C@H]2CO1. The number of nitrogens with zero attached hydrogens (tertiary/aromatic N) is 3. The number of aliphatic hydroxyl groups is 1. The van der Waals surface area contributed by atoms with Gasteiger partial charge in [0, 0.05) is 49.7 Å². The van der Waals surface area contributed by atoms with E-state index in [-0.39, 0.29) is 18.8 Å². The summed E-state index contributed by atoms with van der Waals surface area (Å²) in [6.07, 6.45) is 5.25. The Morgan fingerprint density at radius 1 is 1.20 bits per heavy atom. The van der Waals surface area contributed by atoms with Crippen molar-refractivity contribution in [1.82, 2.24) is 14.5 Å². The highest BCUT2D eigenvalue weighted by molar-refractivity contribution is 5.55. The highest BCUT2D eigenvalue weighted by atomic mass is 19.2. The predicted molar refractivity (Wildman–Crippen MR) is 88.0 cm³/mol. The molecule has 1 N–H and O–H groups in total. The largest absolute Gasteiger partial charge is 0.396 e. The van der Waals surface area contributed by atoms with E-state index in [4.69, 9.17) is 9.84 Å². The fraction of sp³-hybridized carbons (Fsp3) is 0.500. The van der Waals surface area contributed by atoms with E-state index in [0.717, 1.165) is 25.6 Å². The Hall–Kier alpha value is -1.83. The zero-order chi connectivity index (χ0) is 17.4. The van der Waals surface area contributed by atoms with Gasteiger partial charge in [0.05, 0.1) is 12.7 Å². The number of benzene rings is 1. The maximum atomic E-state index is 13.6. The first-order valence-corrected chi connectivity index (χ1v) is 8.60. The van der Waals surface area contributed by atoms with Crippen molar-refractivity contribution in [1.29, 1.82) is 0 Å². The minimum atomic E-state index is -0.865. The van der Waals surface area contributed by atoms with Crippen molar-refractivity contribution in [3.63, 3.8) is 0 Å². The fourth-order valence-electron chi connectivity index (χ4n) is 3.90. The second-order valence-electron chi connectivity index (χ2n) is 6.75. The number of ether oxygens (including phenoxy) is 1. The van der Waals surface area contributed by atoms with E-state index in [0.29, 0.717) is 30.5 Å². The molecule has 0 unspecified atom stereocenters. The molecule has 0 bridgehead atoms. The monoisotopic (exact) mass is 349 g/mol. The third-order valence-electron chi connectivity index (χ3n) is 5.16. The number of aromatic nitrogens is 2. The molecule has 2 fully saturated rings. The van der Waals surface area contributed by atoms with Crippen molar-refractivity contribution in [2.75, 3.05) is 26.3 Å². The molecular weight excluding hydrogens is 328 g/mol. The number of aliphatic hydroxyl groups excluding tert-OH is 1. The molecule has 0 saturated carbocycles. The van der Waals surface area contributed by atoms with Gasteiger partial charge in [-0.15, -0.1) is 0 Å². The molecule has 25 heavy (non-hydrogen) atoms. The van der Waals surface area contributed by atoms with Crippen molar-refractivity contribution in [2.24, 2.45) is 0 Å². The highest BCUT2D eigenvalue weighted by Gasteiger charge is 2.38. The number of halogens is 2. The summed E-state index contributed by atoms with van der Waals surface area (Å²) in [5.41, 5.74) is 0.572. The van der Waals surface area contributed by atoms with E-state index in [1.54, 1.807) is 12.3 Å². The molecule has 3 atom stereocenters. The fourth-order valence-corrected chi connectivity index (χ4v) is 3.90. The highest BCUT2D eigenvalue weighted by Crippen LogP contribution is 2.34. The van der Waals surface area contributed by atoms with Gasteiger partial charge in [-0.25, -0.2) is 13.8 Å². The van der Waals surface area contributed by atoms with Gasteiger partial charge in [-0.3, -0.25) is 4.90 Å². The minimum Gasteiger partial charge on any atom is -0.396 e. The van der Waals surface area contributed by atoms with Gasteiger partial charge in [0.2, 0.25) is 0 Å². The van der Waals surface area contributed by atoms with Gasteiger partial charge in [0.15, 0.2) is 11.6 Å². The Labute approximate surface area is 144 Å². The molecule has 7 heteroatoms. The van der Waals surface area contributed by atoms with E-state index in [9.17, 15) is 8.78 Å². The van der Waals surface area contributed by atoms with E-state index in [1.165, 1.54) is 6.07 Å². The summed E-state index contributed by atoms with van der Waals surface area (Å²) in [5.74, 6) is -1.07. The molecule has 4 rings (SSSR count). The average molecular weight is 349 g/mol. The molecule has 134 valence electrons. The third kappa shape index (κ3) is 3.19. The number of morpholine rings is 1. The summed E-state index contributed by atoms with van der Waals surface area (Å²) < 4.78 is 34.7. The van der Waals surface area contributed by atoms with Crippen LogP contribution in [0.15, 0.2) is 30.6 Å². The molecule has 2 aliphatic rings. The van der Waals surface area contributed by atoms with Gasteiger partial charge < -0.3 is 14.4 Å². The van der Waals surface area contributed by atoms with Crippen molar-refractivity contribution in [3.8, 4) is 11.4 Å². The molecule has 1 aromatic carbocycles. The molecule has 5 nitrogen and oxygen atoms in total. The molecule has 2 aliphatic heterocycles. The average Bonchev–Trinajstić information content (AvgIpc) is 3.23. The summed E-state index contributed by atoms with van der Waals surface area (Å²) in [6, 6.07) is 4.44. The Morgan fingerprint density at radius 2 is 2.08 bits per heavy atom. The van der Waals surface area contributed by atoms with Crippen LogP contribution in [0.4, 0.5) is 8.78 Å². The second-order valence-corrected chi connectivity index (χ2v) is 6.75. The van der Waals surface area contributed by atoms with E-state index in [2.05, 4.69) is 9.88 Å². The van der Waals surface area contributed by atoms with Crippen LogP contribution in [-0.4, -0.2) is 58.0 Å². The Morgan fingerprint density at radius 3 is 2.88 bits per heavy atom. The first-order chi connectivity index (χ1) is 12.2. The Balaban J connectivity index is 1.54. The summed E-state index contributed by atoms with van der Waals surface area (Å²) >= 11 is 0. The first-order valence-electron chi connectivity index (χ1n) is 8.60. The molecule has 1 aromatic heterocycles. The molecule has 0 aliphatic carbocycles. The number of rotatable bonds is 4. The van der Waals surface area contributed by atoms with Crippen molar-refractivity contribution in [3.05, 3.63) is 42.2 Å². The molecule has 2 saturated heterocycles. The lowest BCUT2D eigenvalue weighted by Crippen LogP contribution is -2.46. The van der Waals surface area contributed by atoms with Gasteiger partial charge in [-0.05, 0) is 31.0 Å². The van der Waals surface area contributed by atoms with Crippen LogP contribution in [0, 0.1) is 11.6 Å². The summed E-state index contributed by atoms with van der Waals surface area (Å²) in [4.78, 5) is 6.75. The van der Waals surface area contributed by atoms with Gasteiger partial charge in [-0.1, -0.05) is 0 Å². The van der Waals surface area contributed by atoms with Crippen molar-refractivity contribution < 1.29 is 18.6 Å². The van der Waals surface area contributed by atoms with Crippen molar-refractivity contribution in [2.45, 2.75) is 31.0 Å². The van der Waals surface area contributed by atoms with Crippen LogP contribution in [-0.2, 0) is 4.74 Å². The summed E-state index contributed by atoms with van der Waals surface area (Å²) in [5, 5.41) is 9.10. The van der Waals surface area contributed by atoms with Crippen LogP contribution >= 0.6 is 0 Å². The molecule has 3 heterocycles. The number of hydrogen-bond donors (Lipinski definition) is 1. The smallest absolute Gasteiger partial charge is 0.159 e. The molecule has 0 radical (unpaired) electrons. The molecule has 0 spiro atoms. The zero-order valence-corrected chi connectivity index (χ0v) is 13.8. The lowest BCUT2D eigenvalue weighted by Gasteiger charge is -2.34. The Bertz CT molecular complexity index is 752. The lowest BCUT2D eigenvalue weighted by atomic mass is 10.1. The Kier molecular flexibility index (Phi) is 4.54. The van der Waals surface area contributed by atoms with Gasteiger partial charge in [-0.2, -0.15) is 0 Å². The maximum Gasteiger partial charge on any atom is 0.159 e. The van der Waals surface area contributed by atoms with Crippen LogP contribution in [0.2, 0.25) is 0 Å². The molecule has 2 aromatic rings. The van der Waals surface area contributed by atoms with E-state index >= 15 is 0 Å². The lowest BCUT2D eigenvalue weighted by molar-refractivity contribution is -0.0567. The topological polar surface area (TPSA) is 50.5 Å². The molecule has 0 amide bonds. The van der Waals surface area contributed by atoms with Crippen LogP contribution in [0.25, 0.3) is 11.4 Å². The van der Waals surface area contributed by atoms with E-state index < -0.39 is 11.6 Å². The number of hydrogen-bond acceptors (Lipinski definition) is 4. The first kappa shape index (κ1) is 16.6. The van der Waals surface area contributed by atoms with Crippen molar-refractivity contribution >= 4 is 0 Å². The molecular formula is C18H21F2N3O2. The second kappa shape index (κ2) is 6.82. The van der Waals surface area contributed by atoms with E-state index in [1.807, 2.05) is 10.8 Å². The van der Waals surface area contributed by atoms with Crippen LogP contribution in [0.3, 0.4) is 0 Å². The number of fused-ring (bicyclic) bond motifs is 1. The third-order valence-corrected chi connectivity index (χ3v) is 5.16. The standard InChI is InChI=1S/C18H21F2N3O2/c19-16-2-1-12(7-17(16)20)18-21-4-5-23(18)13-8-14-11-25-15(3-6-24)10-22(14)9-13/h1-2,4-5,7,13-15,24H,3,6,8-11H2/t13-,14+,15+/m1/s1.